The maximum atomic E-state index is 13.2. The van der Waals surface area contributed by atoms with Crippen LogP contribution in [0.25, 0.3) is 0 Å². The van der Waals surface area contributed by atoms with Crippen LogP contribution >= 0.6 is 0 Å². The van der Waals surface area contributed by atoms with E-state index < -0.39 is 8.07 Å². The Kier molecular flexibility index (Phi) is 4.11. The van der Waals surface area contributed by atoms with E-state index in [1.54, 1.807) is 6.07 Å². The van der Waals surface area contributed by atoms with Crippen molar-refractivity contribution < 1.29 is 4.39 Å². The number of hydrogen-bond acceptors (Lipinski definition) is 0. The summed E-state index contributed by atoms with van der Waals surface area (Å²) in [7, 11) is -1.26. The van der Waals surface area contributed by atoms with Crippen molar-refractivity contribution in [2.75, 3.05) is 0 Å². The van der Waals surface area contributed by atoms with Crippen molar-refractivity contribution in [3.8, 4) is 11.8 Å². The maximum absolute atomic E-state index is 13.2. The summed E-state index contributed by atoms with van der Waals surface area (Å²) in [4.78, 5) is 0. The molecule has 0 radical (unpaired) electrons. The second-order valence-corrected chi connectivity index (χ2v) is 11.1. The zero-order valence-electron chi connectivity index (χ0n) is 12.4. The molecule has 2 aromatic rings. The summed E-state index contributed by atoms with van der Waals surface area (Å²) < 4.78 is 13.2. The largest absolute Gasteiger partial charge is 0.207 e. The molecule has 20 heavy (non-hydrogen) atoms. The lowest BCUT2D eigenvalue weighted by Gasteiger charge is -2.15. The van der Waals surface area contributed by atoms with Gasteiger partial charge in [0.15, 0.2) is 0 Å². The predicted octanol–water partition coefficient (Wildman–Crippen LogP) is 4.08. The second kappa shape index (κ2) is 5.64. The molecule has 0 aliphatic rings. The number of halogens is 1. The van der Waals surface area contributed by atoms with Crippen LogP contribution in [-0.4, -0.2) is 8.07 Å². The van der Waals surface area contributed by atoms with Crippen LogP contribution in [0.2, 0.25) is 19.6 Å². The Morgan fingerprint density at radius 3 is 2.15 bits per heavy atom. The number of aryl methyl sites for hydroxylation is 1. The van der Waals surface area contributed by atoms with E-state index in [1.807, 2.05) is 6.92 Å². The molecule has 102 valence electrons. The van der Waals surface area contributed by atoms with E-state index in [2.05, 4.69) is 55.7 Å². The van der Waals surface area contributed by atoms with Crippen molar-refractivity contribution >= 4 is 13.3 Å². The SMILES string of the molecule is Cc1ccc(F)cc1C#Cc1ccc([Si](C)(C)C)cc1. The summed E-state index contributed by atoms with van der Waals surface area (Å²) in [5.74, 6) is 5.91. The fourth-order valence-corrected chi connectivity index (χ4v) is 3.09. The molecular formula is C18H19FSi. The van der Waals surface area contributed by atoms with Crippen LogP contribution in [0.5, 0.6) is 0 Å². The van der Waals surface area contributed by atoms with Crippen molar-refractivity contribution in [2.24, 2.45) is 0 Å². The van der Waals surface area contributed by atoms with Gasteiger partial charge >= 0.3 is 0 Å². The van der Waals surface area contributed by atoms with E-state index in [0.29, 0.717) is 0 Å². The molecule has 0 fully saturated rings. The number of hydrogen-bond donors (Lipinski definition) is 0. The van der Waals surface area contributed by atoms with Crippen molar-refractivity contribution in [1.29, 1.82) is 0 Å². The Bertz CT molecular complexity index is 667. The Morgan fingerprint density at radius 1 is 0.900 bits per heavy atom. The van der Waals surface area contributed by atoms with Crippen molar-refractivity contribution in [2.45, 2.75) is 26.6 Å². The number of rotatable bonds is 1. The third-order valence-corrected chi connectivity index (χ3v) is 5.36. The summed E-state index contributed by atoms with van der Waals surface area (Å²) in [5.41, 5.74) is 2.72. The van der Waals surface area contributed by atoms with Gasteiger partial charge in [-0.1, -0.05) is 54.9 Å². The Morgan fingerprint density at radius 2 is 1.55 bits per heavy atom. The summed E-state index contributed by atoms with van der Waals surface area (Å²) in [5, 5.41) is 1.42. The molecule has 2 rings (SSSR count). The highest BCUT2D eigenvalue weighted by Crippen LogP contribution is 2.09. The second-order valence-electron chi connectivity index (χ2n) is 6.04. The fraction of sp³-hybridized carbons (Fsp3) is 0.222. The van der Waals surface area contributed by atoms with Crippen LogP contribution in [-0.2, 0) is 0 Å². The van der Waals surface area contributed by atoms with Gasteiger partial charge in [-0.2, -0.15) is 0 Å². The van der Waals surface area contributed by atoms with E-state index in [0.717, 1.165) is 16.7 Å². The summed E-state index contributed by atoms with van der Waals surface area (Å²) in [6.45, 7) is 8.91. The van der Waals surface area contributed by atoms with E-state index >= 15 is 0 Å². The molecule has 0 spiro atoms. The zero-order chi connectivity index (χ0) is 14.8. The molecule has 0 nitrogen and oxygen atoms in total. The first-order valence-corrected chi connectivity index (χ1v) is 10.2. The third kappa shape index (κ3) is 3.58. The lowest BCUT2D eigenvalue weighted by molar-refractivity contribution is 0.627. The van der Waals surface area contributed by atoms with Crippen LogP contribution in [0.3, 0.4) is 0 Å². The van der Waals surface area contributed by atoms with Gasteiger partial charge in [-0.3, -0.25) is 0 Å². The van der Waals surface area contributed by atoms with Crippen LogP contribution in [0.1, 0.15) is 16.7 Å². The Hall–Kier alpha value is -1.85. The average Bonchev–Trinajstić information content (AvgIpc) is 2.39. The normalized spacial score (nSPS) is 10.8. The molecule has 0 bridgehead atoms. The Labute approximate surface area is 121 Å². The van der Waals surface area contributed by atoms with E-state index in [4.69, 9.17) is 0 Å². The molecule has 0 heterocycles. The number of benzene rings is 2. The van der Waals surface area contributed by atoms with Crippen LogP contribution in [0.4, 0.5) is 4.39 Å². The topological polar surface area (TPSA) is 0 Å². The van der Waals surface area contributed by atoms with Gasteiger partial charge in [-0.25, -0.2) is 4.39 Å². The monoisotopic (exact) mass is 282 g/mol. The molecule has 0 aromatic heterocycles. The van der Waals surface area contributed by atoms with Crippen LogP contribution in [0.15, 0.2) is 42.5 Å². The van der Waals surface area contributed by atoms with Crippen molar-refractivity contribution in [3.63, 3.8) is 0 Å². The van der Waals surface area contributed by atoms with Gasteiger partial charge < -0.3 is 0 Å². The third-order valence-electron chi connectivity index (χ3n) is 3.29. The zero-order valence-corrected chi connectivity index (χ0v) is 13.4. The van der Waals surface area contributed by atoms with Crippen molar-refractivity contribution in [1.82, 2.24) is 0 Å². The molecule has 0 N–H and O–H groups in total. The first kappa shape index (κ1) is 14.6. The summed E-state index contributed by atoms with van der Waals surface area (Å²) >= 11 is 0. The minimum absolute atomic E-state index is 0.242. The predicted molar refractivity (Wildman–Crippen MR) is 86.5 cm³/mol. The van der Waals surface area contributed by atoms with Crippen LogP contribution < -0.4 is 5.19 Å². The minimum atomic E-state index is -1.26. The van der Waals surface area contributed by atoms with E-state index in [9.17, 15) is 4.39 Å². The van der Waals surface area contributed by atoms with Gasteiger partial charge in [0.05, 0.1) is 8.07 Å². The van der Waals surface area contributed by atoms with Gasteiger partial charge in [-0.15, -0.1) is 0 Å². The molecule has 0 amide bonds. The lowest BCUT2D eigenvalue weighted by Crippen LogP contribution is -2.37. The van der Waals surface area contributed by atoms with Gasteiger partial charge in [0.25, 0.3) is 0 Å². The minimum Gasteiger partial charge on any atom is -0.207 e. The molecule has 0 atom stereocenters. The summed E-state index contributed by atoms with van der Waals surface area (Å²) in [6, 6.07) is 13.1. The van der Waals surface area contributed by atoms with E-state index in [1.165, 1.54) is 17.3 Å². The molecule has 0 saturated heterocycles. The Balaban J connectivity index is 2.27. The fourth-order valence-electron chi connectivity index (χ4n) is 1.92. The smallest absolute Gasteiger partial charge is 0.124 e. The highest BCUT2D eigenvalue weighted by molar-refractivity contribution is 6.88. The molecule has 0 saturated carbocycles. The molecular weight excluding hydrogens is 263 g/mol. The standard InChI is InChI=1S/C18H19FSi/c1-14-5-10-17(19)13-16(14)9-6-15-7-11-18(12-8-15)20(2,3)4/h5,7-8,10-13H,1-4H3. The molecule has 2 heteroatoms. The molecule has 0 aliphatic heterocycles. The average molecular weight is 282 g/mol. The van der Waals surface area contributed by atoms with Crippen molar-refractivity contribution in [3.05, 3.63) is 65.0 Å². The first-order valence-electron chi connectivity index (χ1n) is 6.75. The quantitative estimate of drug-likeness (QED) is 0.546. The first-order chi connectivity index (χ1) is 9.36. The highest BCUT2D eigenvalue weighted by Gasteiger charge is 2.15. The summed E-state index contributed by atoms with van der Waals surface area (Å²) in [6.07, 6.45) is 0. The van der Waals surface area contributed by atoms with E-state index in [-0.39, 0.29) is 5.82 Å². The molecule has 0 unspecified atom stereocenters. The molecule has 2 aromatic carbocycles. The van der Waals surface area contributed by atoms with Gasteiger partial charge in [0.1, 0.15) is 5.82 Å². The maximum Gasteiger partial charge on any atom is 0.124 e. The lowest BCUT2D eigenvalue weighted by atomic mass is 10.1. The molecule has 0 aliphatic carbocycles. The van der Waals surface area contributed by atoms with Gasteiger partial charge in [0.2, 0.25) is 0 Å². The van der Waals surface area contributed by atoms with Gasteiger partial charge in [0, 0.05) is 11.1 Å². The van der Waals surface area contributed by atoms with Gasteiger partial charge in [-0.05, 0) is 36.8 Å². The highest BCUT2D eigenvalue weighted by atomic mass is 28.3. The van der Waals surface area contributed by atoms with Crippen LogP contribution in [0, 0.1) is 24.6 Å².